The first-order valence-electron chi connectivity index (χ1n) is 9.07. The average molecular weight is 409 g/mol. The zero-order chi connectivity index (χ0) is 19.7. The lowest BCUT2D eigenvalue weighted by Crippen LogP contribution is -2.61. The second kappa shape index (κ2) is 8.32. The first kappa shape index (κ1) is 19.6. The van der Waals surface area contributed by atoms with E-state index in [0.717, 1.165) is 5.56 Å². The van der Waals surface area contributed by atoms with Crippen molar-refractivity contribution in [2.75, 3.05) is 12.4 Å². The summed E-state index contributed by atoms with van der Waals surface area (Å²) in [5.74, 6) is 0.379. The van der Waals surface area contributed by atoms with Crippen molar-refractivity contribution >= 4 is 11.8 Å². The van der Waals surface area contributed by atoms with Crippen LogP contribution in [-0.2, 0) is 20.8 Å². The van der Waals surface area contributed by atoms with Gasteiger partial charge in [0.25, 0.3) is 0 Å². The van der Waals surface area contributed by atoms with Gasteiger partial charge in [-0.15, -0.1) is 11.8 Å². The Bertz CT molecular complexity index is 764. The van der Waals surface area contributed by atoms with E-state index >= 15 is 0 Å². The van der Waals surface area contributed by atoms with E-state index in [9.17, 15) is 20.4 Å². The highest BCUT2D eigenvalue weighted by Gasteiger charge is 2.48. The molecule has 3 heterocycles. The lowest BCUT2D eigenvalue weighted by atomic mass is 9.99. The number of fused-ring (bicyclic) bond motifs is 1. The third-order valence-corrected chi connectivity index (χ3v) is 6.07. The van der Waals surface area contributed by atoms with Gasteiger partial charge in [0.15, 0.2) is 18.1 Å². The van der Waals surface area contributed by atoms with Crippen molar-refractivity contribution in [2.24, 2.45) is 0 Å². The molecule has 0 aliphatic carbocycles. The summed E-state index contributed by atoms with van der Waals surface area (Å²) in [4.78, 5) is 0. The highest BCUT2D eigenvalue weighted by molar-refractivity contribution is 7.99. The zero-order valence-corrected chi connectivity index (χ0v) is 15.8. The van der Waals surface area contributed by atoms with Crippen LogP contribution in [-0.4, -0.2) is 67.2 Å². The summed E-state index contributed by atoms with van der Waals surface area (Å²) in [7, 11) is 0. The Morgan fingerprint density at radius 2 is 1.68 bits per heavy atom. The Morgan fingerprint density at radius 1 is 0.964 bits per heavy atom. The van der Waals surface area contributed by atoms with E-state index in [1.54, 1.807) is 0 Å². The molecule has 28 heavy (non-hydrogen) atoms. The van der Waals surface area contributed by atoms with Crippen LogP contribution in [0.5, 0.6) is 11.8 Å². The number of thioether (sulfide) groups is 1. The molecule has 152 valence electrons. The summed E-state index contributed by atoms with van der Waals surface area (Å²) in [5, 5.41) is 40.4. The molecule has 2 aliphatic heterocycles. The first-order chi connectivity index (χ1) is 13.5. The maximum Gasteiger partial charge on any atom is 0.193 e. The minimum absolute atomic E-state index is 0.0376. The van der Waals surface area contributed by atoms with E-state index in [0.29, 0.717) is 12.3 Å². The van der Waals surface area contributed by atoms with Crippen molar-refractivity contribution in [2.45, 2.75) is 42.7 Å². The normalized spacial score (nSPS) is 32.8. The maximum absolute atomic E-state index is 10.6. The molecule has 8 nitrogen and oxygen atoms in total. The summed E-state index contributed by atoms with van der Waals surface area (Å²) in [6.45, 7) is 0.569. The van der Waals surface area contributed by atoms with Crippen molar-refractivity contribution in [3.63, 3.8) is 0 Å². The Hall–Kier alpha value is -1.75. The molecular formula is C19H23NO7S. The standard InChI is InChI=1S/C19H23NO7S/c21-13-6-7-14(22)20(13)8-9-28-19-16(24)15(23)17-12(26-19)10-25-18(27-17)11-4-2-1-3-5-11/h1-7,12,15-19,21-24H,8-10H2. The monoisotopic (exact) mass is 409 g/mol. The van der Waals surface area contributed by atoms with Crippen molar-refractivity contribution in [1.82, 2.24) is 4.57 Å². The summed E-state index contributed by atoms with van der Waals surface area (Å²) >= 11 is 1.29. The van der Waals surface area contributed by atoms with Crippen LogP contribution in [0.25, 0.3) is 0 Å². The summed E-state index contributed by atoms with van der Waals surface area (Å²) in [6.07, 6.45) is -4.04. The Morgan fingerprint density at radius 3 is 2.39 bits per heavy atom. The molecule has 4 N–H and O–H groups in total. The molecule has 6 unspecified atom stereocenters. The van der Waals surface area contributed by atoms with E-state index in [1.165, 1.54) is 28.5 Å². The molecule has 1 aromatic carbocycles. The lowest BCUT2D eigenvalue weighted by molar-refractivity contribution is -0.318. The van der Waals surface area contributed by atoms with Crippen LogP contribution in [0.2, 0.25) is 0 Å². The third kappa shape index (κ3) is 3.86. The molecule has 1 aromatic heterocycles. The van der Waals surface area contributed by atoms with Crippen LogP contribution in [0.15, 0.2) is 42.5 Å². The van der Waals surface area contributed by atoms with Gasteiger partial charge in [-0.05, 0) is 0 Å². The van der Waals surface area contributed by atoms with Crippen molar-refractivity contribution in [3.8, 4) is 11.8 Å². The quantitative estimate of drug-likeness (QED) is 0.583. The van der Waals surface area contributed by atoms with E-state index in [4.69, 9.17) is 14.2 Å². The van der Waals surface area contributed by atoms with Gasteiger partial charge in [0.2, 0.25) is 0 Å². The number of hydrogen-bond donors (Lipinski definition) is 4. The highest BCUT2D eigenvalue weighted by atomic mass is 32.2. The third-order valence-electron chi connectivity index (χ3n) is 4.94. The lowest BCUT2D eigenvalue weighted by Gasteiger charge is -2.46. The summed E-state index contributed by atoms with van der Waals surface area (Å²) < 4.78 is 18.9. The van der Waals surface area contributed by atoms with Gasteiger partial charge in [0, 0.05) is 30.0 Å². The molecular weight excluding hydrogens is 386 g/mol. The van der Waals surface area contributed by atoms with Crippen LogP contribution >= 0.6 is 11.8 Å². The average Bonchev–Trinajstić information content (AvgIpc) is 3.04. The number of ether oxygens (including phenoxy) is 3. The topological polar surface area (TPSA) is 114 Å². The Labute approximate surface area is 166 Å². The van der Waals surface area contributed by atoms with E-state index in [1.807, 2.05) is 30.3 Å². The van der Waals surface area contributed by atoms with Crippen LogP contribution < -0.4 is 0 Å². The van der Waals surface area contributed by atoms with Crippen LogP contribution in [0.1, 0.15) is 11.9 Å². The van der Waals surface area contributed by atoms with Crippen LogP contribution in [0.4, 0.5) is 0 Å². The number of aliphatic hydroxyl groups is 2. The van der Waals surface area contributed by atoms with E-state index in [-0.39, 0.29) is 18.4 Å². The molecule has 9 heteroatoms. The van der Waals surface area contributed by atoms with Gasteiger partial charge in [-0.1, -0.05) is 30.3 Å². The smallest absolute Gasteiger partial charge is 0.193 e. The van der Waals surface area contributed by atoms with Gasteiger partial charge < -0.3 is 34.6 Å². The predicted octanol–water partition coefficient (Wildman–Crippen LogP) is 1.19. The van der Waals surface area contributed by atoms with E-state index in [2.05, 4.69) is 0 Å². The number of benzene rings is 1. The predicted molar refractivity (Wildman–Crippen MR) is 101 cm³/mol. The molecule has 0 spiro atoms. The van der Waals surface area contributed by atoms with Crippen LogP contribution in [0.3, 0.4) is 0 Å². The van der Waals surface area contributed by atoms with Crippen molar-refractivity contribution < 1.29 is 34.6 Å². The summed E-state index contributed by atoms with van der Waals surface area (Å²) in [6, 6.07) is 12.2. The minimum Gasteiger partial charge on any atom is -0.494 e. The fourth-order valence-corrected chi connectivity index (χ4v) is 4.53. The van der Waals surface area contributed by atoms with Gasteiger partial charge in [-0.3, -0.25) is 4.57 Å². The zero-order valence-electron chi connectivity index (χ0n) is 15.0. The number of nitrogens with zero attached hydrogens (tertiary/aromatic N) is 1. The molecule has 2 aromatic rings. The second-order valence-electron chi connectivity index (χ2n) is 6.77. The summed E-state index contributed by atoms with van der Waals surface area (Å²) in [5.41, 5.74) is 0.169. The van der Waals surface area contributed by atoms with E-state index < -0.39 is 36.1 Å². The highest BCUT2D eigenvalue weighted by Crippen LogP contribution is 2.37. The Kier molecular flexibility index (Phi) is 5.81. The molecule has 2 saturated heterocycles. The number of rotatable bonds is 5. The van der Waals surface area contributed by atoms with Crippen LogP contribution in [0, 0.1) is 0 Å². The molecule has 0 radical (unpaired) electrons. The van der Waals surface area contributed by atoms with Gasteiger partial charge in [0.1, 0.15) is 29.9 Å². The van der Waals surface area contributed by atoms with Gasteiger partial charge in [-0.25, -0.2) is 0 Å². The number of aromatic hydroxyl groups is 2. The van der Waals surface area contributed by atoms with Gasteiger partial charge in [-0.2, -0.15) is 0 Å². The van der Waals surface area contributed by atoms with Gasteiger partial charge in [0.05, 0.1) is 6.61 Å². The molecule has 2 fully saturated rings. The molecule has 6 atom stereocenters. The largest absolute Gasteiger partial charge is 0.494 e. The number of hydrogen-bond acceptors (Lipinski definition) is 8. The Balaban J connectivity index is 1.35. The molecule has 0 amide bonds. The second-order valence-corrected chi connectivity index (χ2v) is 7.98. The van der Waals surface area contributed by atoms with Gasteiger partial charge >= 0.3 is 0 Å². The van der Waals surface area contributed by atoms with Crippen molar-refractivity contribution in [3.05, 3.63) is 48.0 Å². The SMILES string of the molecule is Oc1ccc(O)n1CCSC1OC2COC(c3ccccc3)OC2C(O)C1O. The fraction of sp³-hybridized carbons (Fsp3) is 0.474. The van der Waals surface area contributed by atoms with Crippen molar-refractivity contribution in [1.29, 1.82) is 0 Å². The molecule has 2 aliphatic rings. The number of aliphatic hydroxyl groups excluding tert-OH is 2. The number of aromatic nitrogens is 1. The fourth-order valence-electron chi connectivity index (χ4n) is 3.43. The maximum atomic E-state index is 10.6. The minimum atomic E-state index is -1.13. The molecule has 0 saturated carbocycles. The molecule has 4 rings (SSSR count). The molecule has 0 bridgehead atoms. The first-order valence-corrected chi connectivity index (χ1v) is 10.1.